The minimum atomic E-state index is -4.49. The number of pyridine rings is 1. The second-order valence-corrected chi connectivity index (χ2v) is 7.50. The summed E-state index contributed by atoms with van der Waals surface area (Å²) in [7, 11) is -1.94. The Labute approximate surface area is 129 Å². The van der Waals surface area contributed by atoms with E-state index in [1.165, 1.54) is 23.2 Å². The molecule has 0 aliphatic heterocycles. The maximum Gasteiger partial charge on any atom is 0.434 e. The Bertz CT molecular complexity index is 772. The molecule has 0 amide bonds. The van der Waals surface area contributed by atoms with Gasteiger partial charge in [-0.25, -0.2) is 18.4 Å². The number of halogens is 3. The molecule has 2 heterocycles. The summed E-state index contributed by atoms with van der Waals surface area (Å²) in [6.45, 7) is 0.0281. The lowest BCUT2D eigenvalue weighted by Crippen LogP contribution is -2.20. The molecular formula is C12H12F3N3O2S2. The van der Waals surface area contributed by atoms with Gasteiger partial charge in [-0.1, -0.05) is 0 Å². The molecule has 2 aromatic rings. The molecule has 0 N–H and O–H groups in total. The van der Waals surface area contributed by atoms with Gasteiger partial charge in [-0.3, -0.25) is 0 Å². The maximum absolute atomic E-state index is 12.5. The molecule has 0 spiro atoms. The number of sulfone groups is 1. The Morgan fingerprint density at radius 2 is 2.05 bits per heavy atom. The van der Waals surface area contributed by atoms with Crippen LogP contribution in [0.2, 0.25) is 0 Å². The lowest BCUT2D eigenvalue weighted by molar-refractivity contribution is -0.140. The van der Waals surface area contributed by atoms with Gasteiger partial charge in [0.25, 0.3) is 0 Å². The third kappa shape index (κ3) is 3.74. The molecule has 2 rings (SSSR count). The van der Waals surface area contributed by atoms with Gasteiger partial charge in [-0.2, -0.15) is 13.2 Å². The highest BCUT2D eigenvalue weighted by Gasteiger charge is 2.33. The lowest BCUT2D eigenvalue weighted by atomic mass is 10.4. The molecule has 120 valence electrons. The number of alkyl halides is 3. The van der Waals surface area contributed by atoms with Crippen LogP contribution in [0.1, 0.15) is 10.7 Å². The number of hydrogen-bond donors (Lipinski definition) is 0. The molecule has 0 unspecified atom stereocenters. The molecular weight excluding hydrogens is 339 g/mol. The van der Waals surface area contributed by atoms with Crippen molar-refractivity contribution in [1.29, 1.82) is 0 Å². The van der Waals surface area contributed by atoms with Crippen molar-refractivity contribution in [2.75, 3.05) is 18.2 Å². The van der Waals surface area contributed by atoms with Crippen molar-refractivity contribution in [1.82, 2.24) is 9.97 Å². The van der Waals surface area contributed by atoms with Crippen molar-refractivity contribution in [2.24, 2.45) is 0 Å². The summed E-state index contributed by atoms with van der Waals surface area (Å²) in [6.07, 6.45) is -2.02. The van der Waals surface area contributed by atoms with E-state index in [1.807, 2.05) is 0 Å². The van der Waals surface area contributed by atoms with Gasteiger partial charge in [-0.05, 0) is 12.1 Å². The van der Waals surface area contributed by atoms with Crippen LogP contribution >= 0.6 is 11.3 Å². The number of nitrogens with zero attached hydrogens (tertiary/aromatic N) is 3. The third-order valence-corrected chi connectivity index (χ3v) is 4.68. The van der Waals surface area contributed by atoms with Gasteiger partial charge in [0.05, 0.1) is 6.54 Å². The summed E-state index contributed by atoms with van der Waals surface area (Å²) in [5.74, 6) is 0.175. The van der Waals surface area contributed by atoms with Crippen molar-refractivity contribution in [3.63, 3.8) is 0 Å². The monoisotopic (exact) mass is 351 g/mol. The Kier molecular flexibility index (Phi) is 4.43. The topological polar surface area (TPSA) is 63.2 Å². The predicted octanol–water partition coefficient (Wildman–Crippen LogP) is 2.60. The quantitative estimate of drug-likeness (QED) is 0.847. The van der Waals surface area contributed by atoms with Crippen molar-refractivity contribution in [2.45, 2.75) is 17.6 Å². The number of anilines is 1. The first-order valence-corrected chi connectivity index (χ1v) is 8.74. The molecule has 0 aromatic carbocycles. The highest BCUT2D eigenvalue weighted by molar-refractivity contribution is 7.90. The highest BCUT2D eigenvalue weighted by atomic mass is 32.2. The predicted molar refractivity (Wildman–Crippen MR) is 76.6 cm³/mol. The highest BCUT2D eigenvalue weighted by Crippen LogP contribution is 2.31. The summed E-state index contributed by atoms with van der Waals surface area (Å²) in [5, 5.41) is 1.15. The molecule has 0 aliphatic carbocycles. The average molecular weight is 351 g/mol. The fourth-order valence-electron chi connectivity index (χ4n) is 1.75. The fourth-order valence-corrected chi connectivity index (χ4v) is 3.47. The van der Waals surface area contributed by atoms with Crippen LogP contribution in [0.3, 0.4) is 0 Å². The molecule has 0 saturated heterocycles. The SMILES string of the molecule is CN(Cc1nc(C(F)(F)F)cs1)c1ncccc1S(C)(=O)=O. The zero-order valence-corrected chi connectivity index (χ0v) is 13.3. The summed E-state index contributed by atoms with van der Waals surface area (Å²) in [6, 6.07) is 2.88. The van der Waals surface area contributed by atoms with Crippen molar-refractivity contribution in [3.05, 3.63) is 34.4 Å². The van der Waals surface area contributed by atoms with Crippen LogP contribution in [0, 0.1) is 0 Å². The van der Waals surface area contributed by atoms with Crippen LogP contribution in [-0.4, -0.2) is 31.7 Å². The van der Waals surface area contributed by atoms with E-state index < -0.39 is 21.7 Å². The molecule has 0 fully saturated rings. The van der Waals surface area contributed by atoms with Gasteiger partial charge in [0, 0.05) is 24.9 Å². The third-order valence-electron chi connectivity index (χ3n) is 2.73. The molecule has 0 bridgehead atoms. The van der Waals surface area contributed by atoms with Crippen LogP contribution in [0.15, 0.2) is 28.6 Å². The first-order chi connectivity index (χ1) is 10.1. The second-order valence-electron chi connectivity index (χ2n) is 4.58. The van der Waals surface area contributed by atoms with Gasteiger partial charge >= 0.3 is 6.18 Å². The van der Waals surface area contributed by atoms with Gasteiger partial charge in [0.15, 0.2) is 15.5 Å². The van der Waals surface area contributed by atoms with E-state index in [0.717, 1.165) is 23.0 Å². The molecule has 0 saturated carbocycles. The van der Waals surface area contributed by atoms with Gasteiger partial charge in [0.2, 0.25) is 0 Å². The van der Waals surface area contributed by atoms with Crippen molar-refractivity contribution >= 4 is 27.0 Å². The molecule has 0 atom stereocenters. The molecule has 0 aliphatic rings. The lowest BCUT2D eigenvalue weighted by Gasteiger charge is -2.19. The smallest absolute Gasteiger partial charge is 0.352 e. The fraction of sp³-hybridized carbons (Fsp3) is 0.333. The zero-order chi connectivity index (χ0) is 16.5. The minimum Gasteiger partial charge on any atom is -0.352 e. The molecule has 5 nitrogen and oxygen atoms in total. The van der Waals surface area contributed by atoms with E-state index in [9.17, 15) is 21.6 Å². The van der Waals surface area contributed by atoms with Crippen LogP contribution < -0.4 is 4.90 Å². The summed E-state index contributed by atoms with van der Waals surface area (Å²) >= 11 is 0.863. The van der Waals surface area contributed by atoms with Gasteiger partial charge in [0.1, 0.15) is 15.7 Å². The van der Waals surface area contributed by atoms with E-state index in [4.69, 9.17) is 0 Å². The van der Waals surface area contributed by atoms with E-state index in [2.05, 4.69) is 9.97 Å². The molecule has 22 heavy (non-hydrogen) atoms. The summed E-state index contributed by atoms with van der Waals surface area (Å²) in [4.78, 5) is 8.98. The Hall–Kier alpha value is -1.68. The normalized spacial score (nSPS) is 12.4. The van der Waals surface area contributed by atoms with Crippen molar-refractivity contribution < 1.29 is 21.6 Å². The Morgan fingerprint density at radius 1 is 1.36 bits per heavy atom. The van der Waals surface area contributed by atoms with Crippen LogP contribution in [0.5, 0.6) is 0 Å². The number of rotatable bonds is 4. The van der Waals surface area contributed by atoms with E-state index in [0.29, 0.717) is 0 Å². The Balaban J connectivity index is 2.27. The Morgan fingerprint density at radius 3 is 2.59 bits per heavy atom. The van der Waals surface area contributed by atoms with E-state index in [-0.39, 0.29) is 22.3 Å². The first kappa shape index (κ1) is 16.7. The number of hydrogen-bond acceptors (Lipinski definition) is 6. The second kappa shape index (κ2) is 5.84. The van der Waals surface area contributed by atoms with Gasteiger partial charge < -0.3 is 4.90 Å². The molecule has 2 aromatic heterocycles. The zero-order valence-electron chi connectivity index (χ0n) is 11.6. The molecule has 10 heteroatoms. The van der Waals surface area contributed by atoms with E-state index in [1.54, 1.807) is 7.05 Å². The average Bonchev–Trinajstić information content (AvgIpc) is 2.86. The standard InChI is InChI=1S/C12H12F3N3O2S2/c1-18(6-10-17-9(7-21-10)12(13,14)15)11-8(22(2,19)20)4-3-5-16-11/h3-5,7H,6H2,1-2H3. The van der Waals surface area contributed by atoms with Crippen LogP contribution in [0.25, 0.3) is 0 Å². The van der Waals surface area contributed by atoms with Gasteiger partial charge in [-0.15, -0.1) is 11.3 Å². The molecule has 0 radical (unpaired) electrons. The maximum atomic E-state index is 12.5. The van der Waals surface area contributed by atoms with Crippen LogP contribution in [0.4, 0.5) is 19.0 Å². The summed E-state index contributed by atoms with van der Waals surface area (Å²) < 4.78 is 61.0. The summed E-state index contributed by atoms with van der Waals surface area (Å²) in [5.41, 5.74) is -0.953. The first-order valence-electron chi connectivity index (χ1n) is 5.97. The van der Waals surface area contributed by atoms with Crippen LogP contribution in [-0.2, 0) is 22.6 Å². The number of thiazole rings is 1. The van der Waals surface area contributed by atoms with Crippen molar-refractivity contribution in [3.8, 4) is 0 Å². The van der Waals surface area contributed by atoms with E-state index >= 15 is 0 Å². The number of aromatic nitrogens is 2. The largest absolute Gasteiger partial charge is 0.434 e. The minimum absolute atomic E-state index is 0.0186.